The molecule has 1 aromatic rings. The lowest BCUT2D eigenvalue weighted by atomic mass is 10.2. The third-order valence-electron chi connectivity index (χ3n) is 1.46. The van der Waals surface area contributed by atoms with Gasteiger partial charge in [0.15, 0.2) is 6.10 Å². The zero-order valence-corrected chi connectivity index (χ0v) is 7.68. The van der Waals surface area contributed by atoms with Crippen molar-refractivity contribution in [2.45, 2.75) is 20.0 Å². The molecule has 0 aliphatic carbocycles. The van der Waals surface area contributed by atoms with Gasteiger partial charge in [0, 0.05) is 0 Å². The Bertz CT molecular complexity index is 308. The standard InChI is InChI=1S/C7H10N2O2S/c1-3-6(5(10)7(8)11)12-4(2)9-3/h5,10H,1-2H3,(H2,8,11). The molecule has 0 saturated carbocycles. The first-order valence-corrected chi connectivity index (χ1v) is 4.25. The number of hydrogen-bond donors (Lipinski definition) is 2. The fraction of sp³-hybridized carbons (Fsp3) is 0.429. The number of primary amides is 1. The molecule has 1 heterocycles. The number of amides is 1. The summed E-state index contributed by atoms with van der Waals surface area (Å²) in [7, 11) is 0. The molecule has 0 aromatic carbocycles. The normalized spacial score (nSPS) is 12.9. The van der Waals surface area contributed by atoms with E-state index in [0.29, 0.717) is 10.6 Å². The van der Waals surface area contributed by atoms with Gasteiger partial charge in [-0.1, -0.05) is 0 Å². The van der Waals surface area contributed by atoms with Crippen LogP contribution in [-0.2, 0) is 4.79 Å². The maximum absolute atomic E-state index is 10.6. The van der Waals surface area contributed by atoms with Gasteiger partial charge in [0.1, 0.15) is 0 Å². The van der Waals surface area contributed by atoms with Gasteiger partial charge in [-0.15, -0.1) is 11.3 Å². The van der Waals surface area contributed by atoms with Crippen molar-refractivity contribution in [2.24, 2.45) is 5.73 Å². The van der Waals surface area contributed by atoms with E-state index in [1.54, 1.807) is 6.92 Å². The lowest BCUT2D eigenvalue weighted by molar-refractivity contribution is -0.126. The summed E-state index contributed by atoms with van der Waals surface area (Å²) >= 11 is 1.29. The third kappa shape index (κ3) is 1.62. The molecule has 12 heavy (non-hydrogen) atoms. The topological polar surface area (TPSA) is 76.2 Å². The second-order valence-corrected chi connectivity index (χ2v) is 3.72. The molecule has 1 unspecified atom stereocenters. The van der Waals surface area contributed by atoms with Gasteiger partial charge in [-0.05, 0) is 13.8 Å². The number of thiazole rings is 1. The smallest absolute Gasteiger partial charge is 0.251 e. The highest BCUT2D eigenvalue weighted by molar-refractivity contribution is 7.11. The molecular formula is C7H10N2O2S. The number of aryl methyl sites for hydroxylation is 2. The van der Waals surface area contributed by atoms with Gasteiger partial charge in [0.2, 0.25) is 0 Å². The molecule has 4 nitrogen and oxygen atoms in total. The van der Waals surface area contributed by atoms with Crippen LogP contribution >= 0.6 is 11.3 Å². The molecule has 1 aromatic heterocycles. The summed E-state index contributed by atoms with van der Waals surface area (Å²) in [6.45, 7) is 3.56. The third-order valence-corrected chi connectivity index (χ3v) is 2.58. The lowest BCUT2D eigenvalue weighted by Crippen LogP contribution is -2.20. The molecule has 5 heteroatoms. The SMILES string of the molecule is Cc1nc(C)c(C(O)C(N)=O)s1. The van der Waals surface area contributed by atoms with E-state index in [2.05, 4.69) is 4.98 Å². The van der Waals surface area contributed by atoms with Crippen LogP contribution < -0.4 is 5.73 Å². The van der Waals surface area contributed by atoms with Crippen LogP contribution in [0.25, 0.3) is 0 Å². The Labute approximate surface area is 74.0 Å². The number of carbonyl (C=O) groups excluding carboxylic acids is 1. The number of nitrogens with zero attached hydrogens (tertiary/aromatic N) is 1. The minimum Gasteiger partial charge on any atom is -0.378 e. The Hall–Kier alpha value is -0.940. The molecule has 0 radical (unpaired) electrons. The number of nitrogens with two attached hydrogens (primary N) is 1. The molecule has 3 N–H and O–H groups in total. The van der Waals surface area contributed by atoms with E-state index in [4.69, 9.17) is 5.73 Å². The van der Waals surface area contributed by atoms with Crippen molar-refractivity contribution in [3.63, 3.8) is 0 Å². The maximum atomic E-state index is 10.6. The van der Waals surface area contributed by atoms with Gasteiger partial charge in [-0.3, -0.25) is 4.79 Å². The van der Waals surface area contributed by atoms with Crippen molar-refractivity contribution in [3.8, 4) is 0 Å². The summed E-state index contributed by atoms with van der Waals surface area (Å²) in [5.74, 6) is -0.734. The predicted octanol–water partition coefficient (Wildman–Crippen LogP) is 0.279. The van der Waals surface area contributed by atoms with Crippen LogP contribution in [0.1, 0.15) is 21.7 Å². The fourth-order valence-corrected chi connectivity index (χ4v) is 1.85. The van der Waals surface area contributed by atoms with Gasteiger partial charge >= 0.3 is 0 Å². The van der Waals surface area contributed by atoms with Crippen molar-refractivity contribution >= 4 is 17.2 Å². The van der Waals surface area contributed by atoms with E-state index in [1.807, 2.05) is 6.92 Å². The molecule has 0 saturated heterocycles. The summed E-state index contributed by atoms with van der Waals surface area (Å²) in [5, 5.41) is 10.1. The molecule has 0 aliphatic rings. The van der Waals surface area contributed by atoms with Crippen LogP contribution in [0.15, 0.2) is 0 Å². The van der Waals surface area contributed by atoms with E-state index in [-0.39, 0.29) is 0 Å². The molecule has 1 rings (SSSR count). The van der Waals surface area contributed by atoms with Crippen molar-refractivity contribution in [2.75, 3.05) is 0 Å². The van der Waals surface area contributed by atoms with Crippen LogP contribution in [0.2, 0.25) is 0 Å². The highest BCUT2D eigenvalue weighted by atomic mass is 32.1. The molecule has 66 valence electrons. The van der Waals surface area contributed by atoms with Gasteiger partial charge < -0.3 is 10.8 Å². The van der Waals surface area contributed by atoms with Crippen molar-refractivity contribution in [1.29, 1.82) is 0 Å². The Morgan fingerprint density at radius 2 is 2.25 bits per heavy atom. The number of aliphatic hydroxyl groups is 1. The van der Waals surface area contributed by atoms with E-state index in [9.17, 15) is 9.90 Å². The van der Waals surface area contributed by atoms with Gasteiger partial charge in [0.25, 0.3) is 5.91 Å². The molecule has 1 atom stereocenters. The number of aliphatic hydroxyl groups excluding tert-OH is 1. The number of aromatic nitrogens is 1. The number of carbonyl (C=O) groups is 1. The molecule has 1 amide bonds. The van der Waals surface area contributed by atoms with Gasteiger partial charge in [0.05, 0.1) is 15.6 Å². The fourth-order valence-electron chi connectivity index (χ4n) is 0.930. The lowest BCUT2D eigenvalue weighted by Gasteiger charge is -2.02. The quantitative estimate of drug-likeness (QED) is 0.696. The van der Waals surface area contributed by atoms with E-state index in [1.165, 1.54) is 11.3 Å². The predicted molar refractivity (Wildman–Crippen MR) is 45.7 cm³/mol. The van der Waals surface area contributed by atoms with Crippen LogP contribution in [-0.4, -0.2) is 16.0 Å². The highest BCUT2D eigenvalue weighted by Gasteiger charge is 2.19. The molecule has 0 aliphatic heterocycles. The van der Waals surface area contributed by atoms with Gasteiger partial charge in [-0.2, -0.15) is 0 Å². The van der Waals surface area contributed by atoms with Crippen molar-refractivity contribution in [1.82, 2.24) is 4.98 Å². The second kappa shape index (κ2) is 3.20. The maximum Gasteiger partial charge on any atom is 0.251 e. The van der Waals surface area contributed by atoms with Crippen LogP contribution in [0.4, 0.5) is 0 Å². The number of rotatable bonds is 2. The summed E-state index contributed by atoms with van der Waals surface area (Å²) in [6.07, 6.45) is -1.21. The minimum absolute atomic E-state index is 0.542. The first-order valence-electron chi connectivity index (χ1n) is 3.43. The molecule has 0 spiro atoms. The Morgan fingerprint density at radius 1 is 1.67 bits per heavy atom. The van der Waals surface area contributed by atoms with E-state index < -0.39 is 12.0 Å². The van der Waals surface area contributed by atoms with E-state index in [0.717, 1.165) is 5.01 Å². The largest absolute Gasteiger partial charge is 0.378 e. The minimum atomic E-state index is -1.21. The highest BCUT2D eigenvalue weighted by Crippen LogP contribution is 2.23. The summed E-state index contributed by atoms with van der Waals surface area (Å²) in [4.78, 5) is 15.2. The van der Waals surface area contributed by atoms with Crippen molar-refractivity contribution in [3.05, 3.63) is 15.6 Å². The Balaban J connectivity index is 3.02. The second-order valence-electron chi connectivity index (χ2n) is 2.49. The molecular weight excluding hydrogens is 176 g/mol. The van der Waals surface area contributed by atoms with Crippen LogP contribution in [0, 0.1) is 13.8 Å². The average Bonchev–Trinajstić information content (AvgIpc) is 2.28. The molecule has 0 fully saturated rings. The van der Waals surface area contributed by atoms with Crippen LogP contribution in [0.3, 0.4) is 0 Å². The zero-order chi connectivity index (χ0) is 9.30. The summed E-state index contributed by atoms with van der Waals surface area (Å²) < 4.78 is 0. The monoisotopic (exact) mass is 186 g/mol. The summed E-state index contributed by atoms with van der Waals surface area (Å²) in [6, 6.07) is 0. The summed E-state index contributed by atoms with van der Waals surface area (Å²) in [5.41, 5.74) is 5.61. The molecule has 0 bridgehead atoms. The van der Waals surface area contributed by atoms with Crippen molar-refractivity contribution < 1.29 is 9.90 Å². The first kappa shape index (κ1) is 9.15. The first-order chi connectivity index (χ1) is 5.52. The Kier molecular flexibility index (Phi) is 2.44. The van der Waals surface area contributed by atoms with Gasteiger partial charge in [-0.25, -0.2) is 4.98 Å². The Morgan fingerprint density at radius 3 is 2.58 bits per heavy atom. The average molecular weight is 186 g/mol. The van der Waals surface area contributed by atoms with E-state index >= 15 is 0 Å². The number of hydrogen-bond acceptors (Lipinski definition) is 4. The zero-order valence-electron chi connectivity index (χ0n) is 6.87. The van der Waals surface area contributed by atoms with Crippen LogP contribution in [0.5, 0.6) is 0 Å².